The quantitative estimate of drug-likeness (QED) is 0.404. The van der Waals surface area contributed by atoms with E-state index in [-0.39, 0.29) is 24.3 Å². The van der Waals surface area contributed by atoms with Gasteiger partial charge in [-0.25, -0.2) is 0 Å². The lowest BCUT2D eigenvalue weighted by Crippen LogP contribution is -2.23. The third-order valence-electron chi connectivity index (χ3n) is 3.16. The molecule has 0 fully saturated rings. The van der Waals surface area contributed by atoms with E-state index in [0.717, 1.165) is 38.5 Å². The summed E-state index contributed by atoms with van der Waals surface area (Å²) < 4.78 is 10.3. The summed E-state index contributed by atoms with van der Waals surface area (Å²) in [4.78, 5) is 23.7. The van der Waals surface area contributed by atoms with Gasteiger partial charge in [0.25, 0.3) is 0 Å². The zero-order valence-corrected chi connectivity index (χ0v) is 13.3. The normalized spacial score (nSPS) is 11.9. The van der Waals surface area contributed by atoms with Gasteiger partial charge in [0, 0.05) is 0 Å². The van der Waals surface area contributed by atoms with Gasteiger partial charge in [0.1, 0.15) is 0 Å². The number of ether oxygens (including phenoxy) is 2. The van der Waals surface area contributed by atoms with Gasteiger partial charge in [0.15, 0.2) is 0 Å². The maximum absolute atomic E-state index is 12.0. The molecule has 0 aromatic heterocycles. The summed E-state index contributed by atoms with van der Waals surface area (Å²) >= 11 is 0. The number of unbranched alkanes of at least 4 members (excludes halogenated alkanes) is 3. The first-order chi connectivity index (χ1) is 9.65. The molecule has 1 atom stereocenters. The fourth-order valence-electron chi connectivity index (χ4n) is 1.78. The van der Waals surface area contributed by atoms with Crippen LogP contribution in [0.25, 0.3) is 0 Å². The van der Waals surface area contributed by atoms with Crippen molar-refractivity contribution in [1.29, 1.82) is 0 Å². The molecule has 0 aliphatic heterocycles. The van der Waals surface area contributed by atoms with Gasteiger partial charge < -0.3 is 9.47 Å². The van der Waals surface area contributed by atoms with E-state index < -0.39 is 0 Å². The van der Waals surface area contributed by atoms with E-state index in [2.05, 4.69) is 6.92 Å². The van der Waals surface area contributed by atoms with Crippen molar-refractivity contribution in [3.63, 3.8) is 0 Å². The van der Waals surface area contributed by atoms with E-state index >= 15 is 0 Å². The van der Waals surface area contributed by atoms with E-state index in [1.807, 2.05) is 13.8 Å². The van der Waals surface area contributed by atoms with Crippen molar-refractivity contribution in [2.24, 2.45) is 5.92 Å². The lowest BCUT2D eigenvalue weighted by molar-refractivity contribution is -0.155. The minimum absolute atomic E-state index is 0.147. The number of hydrogen-bond acceptors (Lipinski definition) is 4. The van der Waals surface area contributed by atoms with Crippen LogP contribution < -0.4 is 0 Å². The Morgan fingerprint density at radius 2 is 1.40 bits per heavy atom. The summed E-state index contributed by atoms with van der Waals surface area (Å²) in [5.41, 5.74) is 0. The first kappa shape index (κ1) is 18.9. The average Bonchev–Trinajstić information content (AvgIpc) is 2.43. The molecule has 0 aliphatic carbocycles. The van der Waals surface area contributed by atoms with E-state index in [1.54, 1.807) is 0 Å². The van der Waals surface area contributed by atoms with Gasteiger partial charge in [-0.2, -0.15) is 0 Å². The highest BCUT2D eigenvalue weighted by Gasteiger charge is 2.23. The molecule has 4 nitrogen and oxygen atoms in total. The first-order valence-corrected chi connectivity index (χ1v) is 7.97. The molecule has 0 spiro atoms. The summed E-state index contributed by atoms with van der Waals surface area (Å²) in [5.74, 6) is -0.882. The largest absolute Gasteiger partial charge is 0.466 e. The molecular weight excluding hydrogens is 256 g/mol. The zero-order chi connectivity index (χ0) is 15.2. The van der Waals surface area contributed by atoms with Crippen LogP contribution in [-0.4, -0.2) is 25.2 Å². The van der Waals surface area contributed by atoms with Crippen LogP contribution in [0.15, 0.2) is 0 Å². The predicted octanol–water partition coefficient (Wildman–Crippen LogP) is 3.87. The minimum Gasteiger partial charge on any atom is -0.466 e. The predicted molar refractivity (Wildman–Crippen MR) is 79.4 cm³/mol. The number of carbonyl (C=O) groups is 2. The van der Waals surface area contributed by atoms with Gasteiger partial charge in [-0.1, -0.05) is 46.5 Å². The van der Waals surface area contributed by atoms with Crippen LogP contribution in [0.2, 0.25) is 0 Å². The Balaban J connectivity index is 4.17. The van der Waals surface area contributed by atoms with E-state index in [9.17, 15) is 9.59 Å². The Hall–Kier alpha value is -1.06. The molecule has 0 amide bonds. The highest BCUT2D eigenvalue weighted by Crippen LogP contribution is 2.16. The van der Waals surface area contributed by atoms with Gasteiger partial charge in [0.05, 0.1) is 25.6 Å². The molecule has 4 heteroatoms. The van der Waals surface area contributed by atoms with E-state index in [0.29, 0.717) is 19.6 Å². The summed E-state index contributed by atoms with van der Waals surface area (Å²) in [6.45, 7) is 7.05. The molecule has 0 saturated heterocycles. The van der Waals surface area contributed by atoms with Crippen LogP contribution in [0.5, 0.6) is 0 Å². The summed E-state index contributed by atoms with van der Waals surface area (Å²) in [7, 11) is 0. The lowest BCUT2D eigenvalue weighted by Gasteiger charge is -2.15. The average molecular weight is 286 g/mol. The number of esters is 2. The lowest BCUT2D eigenvalue weighted by atomic mass is 9.99. The molecule has 0 aromatic carbocycles. The molecule has 0 saturated carbocycles. The maximum atomic E-state index is 12.0. The molecule has 0 bridgehead atoms. The Kier molecular flexibility index (Phi) is 12.3. The number of carbonyl (C=O) groups excluding carboxylic acids is 2. The fourth-order valence-corrected chi connectivity index (χ4v) is 1.78. The zero-order valence-electron chi connectivity index (χ0n) is 13.3. The molecule has 0 rings (SSSR count). The smallest absolute Gasteiger partial charge is 0.309 e. The molecule has 0 heterocycles. The van der Waals surface area contributed by atoms with Crippen molar-refractivity contribution in [3.8, 4) is 0 Å². The highest BCUT2D eigenvalue weighted by molar-refractivity contribution is 5.79. The Labute approximate surface area is 123 Å². The topological polar surface area (TPSA) is 52.6 Å². The van der Waals surface area contributed by atoms with Crippen molar-refractivity contribution >= 4 is 11.9 Å². The van der Waals surface area contributed by atoms with Crippen molar-refractivity contribution in [2.45, 2.75) is 72.1 Å². The van der Waals surface area contributed by atoms with Crippen molar-refractivity contribution in [2.75, 3.05) is 13.2 Å². The standard InChI is InChI=1S/C16H30O4/c1-4-7-10-14(16(18)20-12-9-6-3)13-15(17)19-11-8-5-2/h14H,4-13H2,1-3H3. The molecule has 118 valence electrons. The molecular formula is C16H30O4. The second kappa shape index (κ2) is 12.9. The van der Waals surface area contributed by atoms with Crippen molar-refractivity contribution < 1.29 is 19.1 Å². The molecule has 20 heavy (non-hydrogen) atoms. The fraction of sp³-hybridized carbons (Fsp3) is 0.875. The number of rotatable bonds is 12. The van der Waals surface area contributed by atoms with Crippen LogP contribution in [0, 0.1) is 5.92 Å². The second-order valence-corrected chi connectivity index (χ2v) is 5.14. The van der Waals surface area contributed by atoms with Crippen LogP contribution in [0.3, 0.4) is 0 Å². The van der Waals surface area contributed by atoms with Crippen LogP contribution in [0.1, 0.15) is 72.1 Å². The van der Waals surface area contributed by atoms with E-state index in [4.69, 9.17) is 9.47 Å². The van der Waals surface area contributed by atoms with Gasteiger partial charge in [-0.3, -0.25) is 9.59 Å². The van der Waals surface area contributed by atoms with Gasteiger partial charge in [0.2, 0.25) is 0 Å². The van der Waals surface area contributed by atoms with Gasteiger partial charge >= 0.3 is 11.9 Å². The summed E-state index contributed by atoms with van der Waals surface area (Å²) in [5, 5.41) is 0. The molecule has 0 aliphatic rings. The van der Waals surface area contributed by atoms with Crippen LogP contribution in [-0.2, 0) is 19.1 Å². The third kappa shape index (κ3) is 9.82. The van der Waals surface area contributed by atoms with Gasteiger partial charge in [-0.05, 0) is 19.3 Å². The van der Waals surface area contributed by atoms with Crippen LogP contribution >= 0.6 is 0 Å². The van der Waals surface area contributed by atoms with E-state index in [1.165, 1.54) is 0 Å². The summed E-state index contributed by atoms with van der Waals surface area (Å²) in [6, 6.07) is 0. The highest BCUT2D eigenvalue weighted by atomic mass is 16.5. The Morgan fingerprint density at radius 3 is 1.95 bits per heavy atom. The molecule has 0 aromatic rings. The third-order valence-corrected chi connectivity index (χ3v) is 3.16. The van der Waals surface area contributed by atoms with Gasteiger partial charge in [-0.15, -0.1) is 0 Å². The van der Waals surface area contributed by atoms with Crippen LogP contribution in [0.4, 0.5) is 0 Å². The summed E-state index contributed by atoms with van der Waals surface area (Å²) in [6.07, 6.45) is 6.50. The second-order valence-electron chi connectivity index (χ2n) is 5.14. The monoisotopic (exact) mass is 286 g/mol. The maximum Gasteiger partial charge on any atom is 0.309 e. The molecule has 0 N–H and O–H groups in total. The molecule has 0 radical (unpaired) electrons. The first-order valence-electron chi connectivity index (χ1n) is 7.97. The Morgan fingerprint density at radius 1 is 0.850 bits per heavy atom. The molecule has 1 unspecified atom stereocenters. The van der Waals surface area contributed by atoms with Crippen molar-refractivity contribution in [1.82, 2.24) is 0 Å². The van der Waals surface area contributed by atoms with Crippen molar-refractivity contribution in [3.05, 3.63) is 0 Å². The Bertz CT molecular complexity index is 263. The number of hydrogen-bond donors (Lipinski definition) is 0. The SMILES string of the molecule is CCCCOC(=O)CC(CCCC)C(=O)OCCCC. The minimum atomic E-state index is -0.346.